The Kier molecular flexibility index (Phi) is 9.60. The van der Waals surface area contributed by atoms with Crippen LogP contribution in [0, 0.1) is 0 Å². The van der Waals surface area contributed by atoms with Gasteiger partial charge in [0.05, 0.1) is 6.54 Å². The molecule has 2 N–H and O–H groups in total. The predicted molar refractivity (Wildman–Crippen MR) is 91.5 cm³/mol. The number of carbonyl (C=O) groups is 1. The molecule has 0 radical (unpaired) electrons. The third-order valence-electron chi connectivity index (χ3n) is 2.27. The molecule has 0 saturated carbocycles. The van der Waals surface area contributed by atoms with Gasteiger partial charge in [0.2, 0.25) is 3.79 Å². The Morgan fingerprint density at radius 1 is 1.32 bits per heavy atom. The van der Waals surface area contributed by atoms with Crippen molar-refractivity contribution in [3.63, 3.8) is 0 Å². The standard InChI is InChI=1S/C13H15Cl3N2O3.ClH/c1-9(19)21-11(7-18-12(17)13(14,15)16)8-20-10-5-3-2-4-6-10;/h2-6,11H,7-8H2,1H3,(H2,17,18);1H. The van der Waals surface area contributed by atoms with E-state index in [1.807, 2.05) is 18.2 Å². The van der Waals surface area contributed by atoms with E-state index in [9.17, 15) is 4.79 Å². The third-order valence-corrected chi connectivity index (χ3v) is 2.85. The Morgan fingerprint density at radius 3 is 2.41 bits per heavy atom. The lowest BCUT2D eigenvalue weighted by atomic mass is 10.3. The van der Waals surface area contributed by atoms with Crippen LogP contribution >= 0.6 is 47.2 Å². The Balaban J connectivity index is 0.00000441. The second kappa shape index (κ2) is 10.0. The van der Waals surface area contributed by atoms with E-state index >= 15 is 0 Å². The van der Waals surface area contributed by atoms with Crippen LogP contribution < -0.4 is 10.5 Å². The number of halogens is 4. The van der Waals surface area contributed by atoms with Gasteiger partial charge in [-0.2, -0.15) is 0 Å². The molecule has 1 aromatic carbocycles. The quantitative estimate of drug-likeness (QED) is 0.351. The van der Waals surface area contributed by atoms with Crippen molar-refractivity contribution in [2.24, 2.45) is 10.7 Å². The van der Waals surface area contributed by atoms with Gasteiger partial charge >= 0.3 is 5.97 Å². The second-order valence-electron chi connectivity index (χ2n) is 4.08. The number of hydrogen-bond donors (Lipinski definition) is 1. The minimum atomic E-state index is -1.79. The van der Waals surface area contributed by atoms with Crippen molar-refractivity contribution in [3.8, 4) is 5.75 Å². The summed E-state index contributed by atoms with van der Waals surface area (Å²) in [6.45, 7) is 1.43. The number of benzene rings is 1. The molecule has 5 nitrogen and oxygen atoms in total. The van der Waals surface area contributed by atoms with E-state index in [0.717, 1.165) is 0 Å². The maximum absolute atomic E-state index is 11.1. The summed E-state index contributed by atoms with van der Waals surface area (Å²) in [4.78, 5) is 15.0. The van der Waals surface area contributed by atoms with Crippen LogP contribution in [0.25, 0.3) is 0 Å². The molecule has 1 atom stereocenters. The lowest BCUT2D eigenvalue weighted by molar-refractivity contribution is -0.147. The van der Waals surface area contributed by atoms with Crippen LogP contribution in [-0.2, 0) is 9.53 Å². The Labute approximate surface area is 150 Å². The Bertz CT molecular complexity index is 492. The molecule has 1 unspecified atom stereocenters. The van der Waals surface area contributed by atoms with Gasteiger partial charge in [0.1, 0.15) is 18.2 Å². The molecule has 0 saturated heterocycles. The number of carbonyl (C=O) groups excluding carboxylic acids is 1. The molecule has 0 spiro atoms. The van der Waals surface area contributed by atoms with Gasteiger partial charge in [-0.3, -0.25) is 9.79 Å². The minimum absolute atomic E-state index is 0. The molecule has 1 rings (SSSR count). The van der Waals surface area contributed by atoms with Crippen molar-refractivity contribution in [1.29, 1.82) is 0 Å². The van der Waals surface area contributed by atoms with Crippen LogP contribution in [0.2, 0.25) is 0 Å². The number of hydrogen-bond acceptors (Lipinski definition) is 4. The summed E-state index contributed by atoms with van der Waals surface area (Å²) < 4.78 is 8.79. The fourth-order valence-corrected chi connectivity index (χ4v) is 1.53. The fraction of sp³-hybridized carbons (Fsp3) is 0.385. The molecule has 0 heterocycles. The van der Waals surface area contributed by atoms with Crippen LogP contribution in [-0.4, -0.2) is 34.9 Å². The van der Waals surface area contributed by atoms with Crippen LogP contribution in [0.5, 0.6) is 5.75 Å². The number of nitrogens with two attached hydrogens (primary N) is 1. The van der Waals surface area contributed by atoms with E-state index in [1.54, 1.807) is 12.1 Å². The van der Waals surface area contributed by atoms with Crippen LogP contribution in [0.15, 0.2) is 35.3 Å². The van der Waals surface area contributed by atoms with Crippen molar-refractivity contribution in [2.75, 3.05) is 13.2 Å². The number of nitrogens with zero attached hydrogens (tertiary/aromatic N) is 1. The van der Waals surface area contributed by atoms with Gasteiger partial charge in [-0.25, -0.2) is 0 Å². The minimum Gasteiger partial charge on any atom is -0.490 e. The maximum atomic E-state index is 11.1. The van der Waals surface area contributed by atoms with Crippen molar-refractivity contribution in [1.82, 2.24) is 0 Å². The number of rotatable bonds is 6. The number of esters is 1. The number of para-hydroxylation sites is 1. The van der Waals surface area contributed by atoms with E-state index < -0.39 is 15.9 Å². The van der Waals surface area contributed by atoms with Crippen molar-refractivity contribution in [2.45, 2.75) is 16.8 Å². The van der Waals surface area contributed by atoms with Gasteiger partial charge < -0.3 is 15.2 Å². The highest BCUT2D eigenvalue weighted by atomic mass is 35.6. The number of aliphatic imine (C=N–C) groups is 1. The average molecular weight is 390 g/mol. The lowest BCUT2D eigenvalue weighted by Crippen LogP contribution is -2.32. The van der Waals surface area contributed by atoms with Gasteiger partial charge in [0, 0.05) is 6.92 Å². The molecule has 124 valence electrons. The van der Waals surface area contributed by atoms with Crippen molar-refractivity contribution < 1.29 is 14.3 Å². The zero-order valence-corrected chi connectivity index (χ0v) is 14.8. The zero-order chi connectivity index (χ0) is 15.9. The van der Waals surface area contributed by atoms with Crippen LogP contribution in [0.4, 0.5) is 0 Å². The summed E-state index contributed by atoms with van der Waals surface area (Å²) in [6.07, 6.45) is -0.631. The Morgan fingerprint density at radius 2 is 1.91 bits per heavy atom. The first-order valence-corrected chi connectivity index (χ1v) is 7.14. The average Bonchev–Trinajstić information content (AvgIpc) is 2.41. The summed E-state index contributed by atoms with van der Waals surface area (Å²) in [6, 6.07) is 9.08. The second-order valence-corrected chi connectivity index (χ2v) is 6.36. The van der Waals surface area contributed by atoms with Crippen LogP contribution in [0.3, 0.4) is 0 Å². The molecule has 0 aromatic heterocycles. The molecule has 0 amide bonds. The van der Waals surface area contributed by atoms with Gasteiger partial charge in [0.25, 0.3) is 0 Å². The van der Waals surface area contributed by atoms with Crippen molar-refractivity contribution in [3.05, 3.63) is 30.3 Å². The van der Waals surface area contributed by atoms with E-state index in [1.165, 1.54) is 6.92 Å². The number of ether oxygens (including phenoxy) is 2. The highest BCUT2D eigenvalue weighted by molar-refractivity contribution is 6.76. The third kappa shape index (κ3) is 8.54. The lowest BCUT2D eigenvalue weighted by Gasteiger charge is -2.17. The number of amidine groups is 1. The zero-order valence-electron chi connectivity index (χ0n) is 11.7. The van der Waals surface area contributed by atoms with Gasteiger partial charge in [0.15, 0.2) is 6.10 Å². The first-order valence-electron chi connectivity index (χ1n) is 6.01. The summed E-state index contributed by atoms with van der Waals surface area (Å²) in [7, 11) is 0. The topological polar surface area (TPSA) is 73.9 Å². The van der Waals surface area contributed by atoms with E-state index in [2.05, 4.69) is 4.99 Å². The Hall–Kier alpha value is -0.880. The molecule has 22 heavy (non-hydrogen) atoms. The summed E-state index contributed by atoms with van der Waals surface area (Å²) >= 11 is 16.7. The van der Waals surface area contributed by atoms with E-state index in [-0.39, 0.29) is 31.4 Å². The normalized spacial score (nSPS) is 13.0. The SMILES string of the molecule is CC(=O)OC(CN=C(N)C(Cl)(Cl)Cl)COc1ccccc1.Cl. The molecule has 9 heteroatoms. The number of alkyl halides is 3. The van der Waals surface area contributed by atoms with Crippen LogP contribution in [0.1, 0.15) is 6.92 Å². The smallest absolute Gasteiger partial charge is 0.303 e. The molecule has 0 bridgehead atoms. The monoisotopic (exact) mass is 388 g/mol. The summed E-state index contributed by atoms with van der Waals surface area (Å²) in [5.41, 5.74) is 5.51. The molecule has 0 fully saturated rings. The van der Waals surface area contributed by atoms with E-state index in [4.69, 9.17) is 50.0 Å². The molecule has 0 aliphatic carbocycles. The molecule has 0 aliphatic heterocycles. The summed E-state index contributed by atoms with van der Waals surface area (Å²) in [5, 5.41) is 0. The van der Waals surface area contributed by atoms with E-state index in [0.29, 0.717) is 5.75 Å². The first-order chi connectivity index (χ1) is 9.79. The fourth-order valence-electron chi connectivity index (χ4n) is 1.35. The van der Waals surface area contributed by atoms with Gasteiger partial charge in [-0.1, -0.05) is 53.0 Å². The molecular weight excluding hydrogens is 374 g/mol. The van der Waals surface area contributed by atoms with Crippen molar-refractivity contribution >= 4 is 59.0 Å². The highest BCUT2D eigenvalue weighted by Crippen LogP contribution is 2.25. The van der Waals surface area contributed by atoms with Gasteiger partial charge in [-0.15, -0.1) is 12.4 Å². The largest absolute Gasteiger partial charge is 0.490 e. The van der Waals surface area contributed by atoms with Gasteiger partial charge in [-0.05, 0) is 12.1 Å². The molecule has 0 aliphatic rings. The maximum Gasteiger partial charge on any atom is 0.303 e. The summed E-state index contributed by atoms with van der Waals surface area (Å²) in [5.74, 6) is 0.0108. The molecule has 1 aromatic rings. The predicted octanol–water partition coefficient (Wildman–Crippen LogP) is 3.15. The highest BCUT2D eigenvalue weighted by Gasteiger charge is 2.25. The first kappa shape index (κ1) is 21.1. The molecular formula is C13H16Cl4N2O3.